The number of aliphatic carboxylic acids is 1. The Kier molecular flexibility index (Phi) is 4.87. The molecule has 1 atom stereocenters. The Bertz CT molecular complexity index is 662. The predicted molar refractivity (Wildman–Crippen MR) is 83.9 cm³/mol. The van der Waals surface area contributed by atoms with E-state index in [2.05, 4.69) is 16.9 Å². The lowest BCUT2D eigenvalue weighted by molar-refractivity contribution is -0.139. The number of hydrogen-bond donors (Lipinski definition) is 2. The van der Waals surface area contributed by atoms with Crippen molar-refractivity contribution < 1.29 is 14.7 Å². The molecule has 0 aliphatic heterocycles. The van der Waals surface area contributed by atoms with E-state index < -0.39 is 17.9 Å². The monoisotopic (exact) mass is 322 g/mol. The quantitative estimate of drug-likeness (QED) is 0.801. The van der Waals surface area contributed by atoms with Gasteiger partial charge in [-0.05, 0) is 24.8 Å². The molecule has 0 aliphatic carbocycles. The fraction of sp³-hybridized carbons (Fsp3) is 0.214. The van der Waals surface area contributed by atoms with Crippen LogP contribution in [0.1, 0.15) is 21.8 Å². The second-order valence-electron chi connectivity index (χ2n) is 4.30. The minimum atomic E-state index is -1.08. The van der Waals surface area contributed by atoms with Gasteiger partial charge < -0.3 is 10.4 Å². The highest BCUT2D eigenvalue weighted by molar-refractivity contribution is 7.22. The highest BCUT2D eigenvalue weighted by Gasteiger charge is 2.22. The highest BCUT2D eigenvalue weighted by Crippen LogP contribution is 2.31. The Labute approximate surface area is 130 Å². The molecule has 0 saturated heterocycles. The van der Waals surface area contributed by atoms with Crippen LogP contribution in [0, 0.1) is 6.92 Å². The predicted octanol–water partition coefficient (Wildman–Crippen LogP) is 2.94. The van der Waals surface area contributed by atoms with E-state index >= 15 is 0 Å². The largest absolute Gasteiger partial charge is 0.480 e. The lowest BCUT2D eigenvalue weighted by Gasteiger charge is -2.11. The number of nitrogens with one attached hydrogen (secondary N) is 1. The zero-order valence-electron chi connectivity index (χ0n) is 11.3. The smallest absolute Gasteiger partial charge is 0.326 e. The number of carbonyl (C=O) groups is 2. The van der Waals surface area contributed by atoms with Gasteiger partial charge in [-0.2, -0.15) is 0 Å². The second-order valence-corrected chi connectivity index (χ2v) is 6.25. The topological polar surface area (TPSA) is 79.3 Å². The lowest BCUT2D eigenvalue weighted by atomic mass is 10.2. The van der Waals surface area contributed by atoms with Crippen molar-refractivity contribution in [2.24, 2.45) is 0 Å². The Balaban J connectivity index is 2.19. The Morgan fingerprint density at radius 1 is 1.57 bits per heavy atom. The fourth-order valence-corrected chi connectivity index (χ4v) is 3.49. The SMILES string of the molecule is C=CCC(NC(=O)c1sc(-c2cccs2)nc1C)C(=O)O. The number of rotatable bonds is 6. The molecule has 1 unspecified atom stereocenters. The third-order valence-electron chi connectivity index (χ3n) is 2.74. The minimum absolute atomic E-state index is 0.177. The second kappa shape index (κ2) is 6.64. The molecule has 5 nitrogen and oxygen atoms in total. The fourth-order valence-electron chi connectivity index (χ4n) is 1.72. The minimum Gasteiger partial charge on any atom is -0.480 e. The first-order valence-electron chi connectivity index (χ1n) is 6.18. The lowest BCUT2D eigenvalue weighted by Crippen LogP contribution is -2.40. The summed E-state index contributed by atoms with van der Waals surface area (Å²) in [4.78, 5) is 29.1. The summed E-state index contributed by atoms with van der Waals surface area (Å²) in [6.07, 6.45) is 1.65. The molecule has 0 radical (unpaired) electrons. The maximum atomic E-state index is 12.2. The number of hydrogen-bond acceptors (Lipinski definition) is 5. The number of thiophene rings is 1. The first-order chi connectivity index (χ1) is 10.0. The Morgan fingerprint density at radius 2 is 2.33 bits per heavy atom. The molecule has 0 spiro atoms. The van der Waals surface area contributed by atoms with Crippen LogP contribution >= 0.6 is 22.7 Å². The Morgan fingerprint density at radius 3 is 2.90 bits per heavy atom. The molecule has 2 heterocycles. The zero-order valence-corrected chi connectivity index (χ0v) is 13.0. The Hall–Kier alpha value is -1.99. The number of nitrogens with zero attached hydrogens (tertiary/aromatic N) is 1. The van der Waals surface area contributed by atoms with E-state index in [1.54, 1.807) is 18.3 Å². The summed E-state index contributed by atoms with van der Waals surface area (Å²) < 4.78 is 0. The molecule has 7 heteroatoms. The van der Waals surface area contributed by atoms with E-state index in [0.717, 1.165) is 9.88 Å². The summed E-state index contributed by atoms with van der Waals surface area (Å²) in [6, 6.07) is 2.88. The van der Waals surface area contributed by atoms with Crippen molar-refractivity contribution in [1.82, 2.24) is 10.3 Å². The van der Waals surface area contributed by atoms with Crippen LogP contribution in [0.3, 0.4) is 0 Å². The average Bonchev–Trinajstić information content (AvgIpc) is 3.06. The molecule has 110 valence electrons. The maximum Gasteiger partial charge on any atom is 0.326 e. The number of carbonyl (C=O) groups excluding carboxylic acids is 1. The summed E-state index contributed by atoms with van der Waals surface area (Å²) in [5.74, 6) is -1.49. The van der Waals surface area contributed by atoms with Crippen LogP contribution in [0.5, 0.6) is 0 Å². The van der Waals surface area contributed by atoms with E-state index in [4.69, 9.17) is 5.11 Å². The molecule has 2 aromatic rings. The maximum absolute atomic E-state index is 12.2. The van der Waals surface area contributed by atoms with Gasteiger partial charge in [0.1, 0.15) is 15.9 Å². The van der Waals surface area contributed by atoms with Gasteiger partial charge in [-0.3, -0.25) is 4.79 Å². The van der Waals surface area contributed by atoms with Crippen molar-refractivity contribution in [3.05, 3.63) is 40.7 Å². The molecule has 0 fully saturated rings. The van der Waals surface area contributed by atoms with Crippen LogP contribution in [0.2, 0.25) is 0 Å². The summed E-state index contributed by atoms with van der Waals surface area (Å²) in [7, 11) is 0. The summed E-state index contributed by atoms with van der Waals surface area (Å²) in [5, 5.41) is 14.3. The normalized spacial score (nSPS) is 11.9. The molecule has 2 aromatic heterocycles. The van der Waals surface area contributed by atoms with Crippen molar-refractivity contribution in [3.63, 3.8) is 0 Å². The molecular weight excluding hydrogens is 308 g/mol. The van der Waals surface area contributed by atoms with Crippen molar-refractivity contribution in [1.29, 1.82) is 0 Å². The van der Waals surface area contributed by atoms with Crippen molar-refractivity contribution >= 4 is 34.6 Å². The third kappa shape index (κ3) is 3.56. The molecule has 0 aromatic carbocycles. The van der Waals surface area contributed by atoms with E-state index in [1.807, 2.05) is 17.5 Å². The number of aryl methyl sites for hydroxylation is 1. The molecular formula is C14H14N2O3S2. The summed E-state index contributed by atoms with van der Waals surface area (Å²) >= 11 is 2.81. The summed E-state index contributed by atoms with van der Waals surface area (Å²) in [5.41, 5.74) is 0.601. The van der Waals surface area contributed by atoms with E-state index in [-0.39, 0.29) is 6.42 Å². The van der Waals surface area contributed by atoms with Gasteiger partial charge in [0, 0.05) is 0 Å². The zero-order chi connectivity index (χ0) is 15.4. The highest BCUT2D eigenvalue weighted by atomic mass is 32.1. The standard InChI is InChI=1S/C14H14N2O3S2/c1-3-5-9(14(18)19)16-12(17)11-8(2)15-13(21-11)10-6-4-7-20-10/h3-4,6-7,9H,1,5H2,2H3,(H,16,17)(H,18,19). The van der Waals surface area contributed by atoms with Gasteiger partial charge in [0.2, 0.25) is 0 Å². The van der Waals surface area contributed by atoms with Gasteiger partial charge in [-0.25, -0.2) is 9.78 Å². The molecule has 1 amide bonds. The molecule has 0 aliphatic rings. The molecule has 0 saturated carbocycles. The van der Waals surface area contributed by atoms with Gasteiger partial charge in [-0.15, -0.1) is 29.3 Å². The van der Waals surface area contributed by atoms with Crippen LogP contribution in [-0.2, 0) is 4.79 Å². The molecule has 2 rings (SSSR count). The van der Waals surface area contributed by atoms with E-state index in [1.165, 1.54) is 17.4 Å². The molecule has 0 bridgehead atoms. The van der Waals surface area contributed by atoms with Gasteiger partial charge in [-0.1, -0.05) is 12.1 Å². The van der Waals surface area contributed by atoms with Crippen LogP contribution in [-0.4, -0.2) is 28.0 Å². The van der Waals surface area contributed by atoms with Crippen molar-refractivity contribution in [2.45, 2.75) is 19.4 Å². The molecule has 21 heavy (non-hydrogen) atoms. The number of aromatic nitrogens is 1. The van der Waals surface area contributed by atoms with Gasteiger partial charge >= 0.3 is 5.97 Å². The first kappa shape index (κ1) is 15.4. The van der Waals surface area contributed by atoms with Crippen LogP contribution in [0.4, 0.5) is 0 Å². The van der Waals surface area contributed by atoms with Gasteiger partial charge in [0.15, 0.2) is 0 Å². The van der Waals surface area contributed by atoms with Crippen LogP contribution in [0.15, 0.2) is 30.2 Å². The van der Waals surface area contributed by atoms with Crippen molar-refractivity contribution in [2.75, 3.05) is 0 Å². The van der Waals surface area contributed by atoms with Crippen LogP contribution < -0.4 is 5.32 Å². The summed E-state index contributed by atoms with van der Waals surface area (Å²) in [6.45, 7) is 5.24. The number of carboxylic acids is 1. The van der Waals surface area contributed by atoms with Gasteiger partial charge in [0.05, 0.1) is 10.6 Å². The number of thiazole rings is 1. The number of amides is 1. The number of carboxylic acid groups (broad SMARTS) is 1. The average molecular weight is 322 g/mol. The van der Waals surface area contributed by atoms with E-state index in [0.29, 0.717) is 10.6 Å². The van der Waals surface area contributed by atoms with Crippen LogP contribution in [0.25, 0.3) is 9.88 Å². The first-order valence-corrected chi connectivity index (χ1v) is 7.88. The van der Waals surface area contributed by atoms with Gasteiger partial charge in [0.25, 0.3) is 5.91 Å². The third-order valence-corrected chi connectivity index (χ3v) is 4.94. The van der Waals surface area contributed by atoms with Crippen molar-refractivity contribution in [3.8, 4) is 9.88 Å². The molecule has 2 N–H and O–H groups in total. The van der Waals surface area contributed by atoms with E-state index in [9.17, 15) is 9.59 Å².